The minimum Gasteiger partial charge on any atom is -0.493 e. The third-order valence-corrected chi connectivity index (χ3v) is 5.53. The van der Waals surface area contributed by atoms with Gasteiger partial charge in [-0.15, -0.1) is 0 Å². The van der Waals surface area contributed by atoms with Crippen LogP contribution in [0.4, 0.5) is 5.69 Å². The summed E-state index contributed by atoms with van der Waals surface area (Å²) in [5.74, 6) is 0.979. The molecule has 0 aromatic heterocycles. The van der Waals surface area contributed by atoms with Crippen LogP contribution in [0.2, 0.25) is 0 Å². The molecule has 6 heteroatoms. The van der Waals surface area contributed by atoms with Gasteiger partial charge in [-0.3, -0.25) is 4.79 Å². The Bertz CT molecular complexity index is 1070. The molecule has 3 aromatic carbocycles. The maximum Gasteiger partial charge on any atom is 0.248 e. The van der Waals surface area contributed by atoms with Crippen LogP contribution in [0.15, 0.2) is 75.7 Å². The molecule has 0 aliphatic heterocycles. The number of hydrogen-bond donors (Lipinski definition) is 1. The molecule has 3 aromatic rings. The molecule has 0 bridgehead atoms. The average Bonchev–Trinajstić information content (AvgIpc) is 2.74. The third kappa shape index (κ3) is 5.97. The summed E-state index contributed by atoms with van der Waals surface area (Å²) in [4.78, 5) is 12.3. The SMILES string of the molecule is COc1cc(C=CC(=O)Nc2ccc(C)cc2Br)cc(Br)c1OCc1ccccc1. The van der Waals surface area contributed by atoms with E-state index in [9.17, 15) is 4.79 Å². The van der Waals surface area contributed by atoms with Crippen molar-refractivity contribution < 1.29 is 14.3 Å². The van der Waals surface area contributed by atoms with Crippen LogP contribution in [0.3, 0.4) is 0 Å². The Kier molecular flexibility index (Phi) is 7.71. The Labute approximate surface area is 193 Å². The Morgan fingerprint density at radius 2 is 1.80 bits per heavy atom. The van der Waals surface area contributed by atoms with E-state index in [-0.39, 0.29) is 5.91 Å². The standard InChI is InChI=1S/C24H21Br2NO3/c1-16-8-10-21(19(25)12-16)27-23(28)11-9-18-13-20(26)24(22(14-18)29-2)30-15-17-6-4-3-5-7-17/h3-14H,15H2,1-2H3,(H,27,28). The van der Waals surface area contributed by atoms with E-state index in [1.165, 1.54) is 6.08 Å². The molecular weight excluding hydrogens is 510 g/mol. The first kappa shape index (κ1) is 22.1. The van der Waals surface area contributed by atoms with Crippen molar-refractivity contribution in [3.05, 3.63) is 92.4 Å². The van der Waals surface area contributed by atoms with E-state index in [0.717, 1.165) is 31.3 Å². The summed E-state index contributed by atoms with van der Waals surface area (Å²) in [7, 11) is 1.59. The lowest BCUT2D eigenvalue weighted by Crippen LogP contribution is -2.08. The minimum absolute atomic E-state index is 0.223. The van der Waals surface area contributed by atoms with Gasteiger partial charge in [0.25, 0.3) is 0 Å². The molecule has 0 aliphatic carbocycles. The van der Waals surface area contributed by atoms with Crippen molar-refractivity contribution in [1.29, 1.82) is 0 Å². The molecule has 154 valence electrons. The summed E-state index contributed by atoms with van der Waals surface area (Å²) < 4.78 is 13.0. The highest BCUT2D eigenvalue weighted by molar-refractivity contribution is 9.11. The van der Waals surface area contributed by atoms with Crippen molar-refractivity contribution in [3.8, 4) is 11.5 Å². The number of amides is 1. The van der Waals surface area contributed by atoms with Gasteiger partial charge < -0.3 is 14.8 Å². The van der Waals surface area contributed by atoms with Gasteiger partial charge in [-0.1, -0.05) is 36.4 Å². The van der Waals surface area contributed by atoms with E-state index in [1.54, 1.807) is 13.2 Å². The van der Waals surface area contributed by atoms with Crippen molar-refractivity contribution in [1.82, 2.24) is 0 Å². The molecule has 0 heterocycles. The summed E-state index contributed by atoms with van der Waals surface area (Å²) in [6.07, 6.45) is 3.21. The van der Waals surface area contributed by atoms with Crippen molar-refractivity contribution in [2.75, 3.05) is 12.4 Å². The number of carbonyl (C=O) groups is 1. The second-order valence-electron chi connectivity index (χ2n) is 6.61. The van der Waals surface area contributed by atoms with Crippen LogP contribution in [0.5, 0.6) is 11.5 Å². The van der Waals surface area contributed by atoms with Gasteiger partial charge in [0.15, 0.2) is 11.5 Å². The lowest BCUT2D eigenvalue weighted by molar-refractivity contribution is -0.111. The van der Waals surface area contributed by atoms with Gasteiger partial charge in [0.2, 0.25) is 5.91 Å². The number of carbonyl (C=O) groups excluding carboxylic acids is 1. The van der Waals surface area contributed by atoms with E-state index < -0.39 is 0 Å². The third-order valence-electron chi connectivity index (χ3n) is 4.29. The first-order valence-electron chi connectivity index (χ1n) is 9.25. The Balaban J connectivity index is 1.71. The summed E-state index contributed by atoms with van der Waals surface area (Å²) in [6.45, 7) is 2.42. The number of hydrogen-bond acceptors (Lipinski definition) is 3. The molecule has 0 fully saturated rings. The van der Waals surface area contributed by atoms with Crippen molar-refractivity contribution in [2.45, 2.75) is 13.5 Å². The van der Waals surface area contributed by atoms with E-state index in [2.05, 4.69) is 37.2 Å². The molecule has 0 spiro atoms. The first-order valence-corrected chi connectivity index (χ1v) is 10.8. The maximum atomic E-state index is 12.3. The molecule has 1 N–H and O–H groups in total. The zero-order valence-corrected chi connectivity index (χ0v) is 19.8. The number of halogens is 2. The molecule has 0 atom stereocenters. The Hall–Kier alpha value is -2.57. The summed E-state index contributed by atoms with van der Waals surface area (Å²) in [5, 5.41) is 2.86. The molecule has 0 unspecified atom stereocenters. The summed E-state index contributed by atoms with van der Waals surface area (Å²) >= 11 is 7.01. The number of benzene rings is 3. The van der Waals surface area contributed by atoms with Gasteiger partial charge >= 0.3 is 0 Å². The van der Waals surface area contributed by atoms with E-state index >= 15 is 0 Å². The zero-order chi connectivity index (χ0) is 21.5. The average molecular weight is 531 g/mol. The van der Waals surface area contributed by atoms with E-state index in [0.29, 0.717) is 18.1 Å². The number of anilines is 1. The molecular formula is C24H21Br2NO3. The highest BCUT2D eigenvalue weighted by atomic mass is 79.9. The largest absolute Gasteiger partial charge is 0.493 e. The van der Waals surface area contributed by atoms with Crippen LogP contribution in [0.1, 0.15) is 16.7 Å². The van der Waals surface area contributed by atoms with Crippen LogP contribution in [0.25, 0.3) is 6.08 Å². The predicted octanol–water partition coefficient (Wildman–Crippen LogP) is 6.76. The van der Waals surface area contributed by atoms with Gasteiger partial charge in [0.05, 0.1) is 17.3 Å². The Morgan fingerprint density at radius 1 is 1.03 bits per heavy atom. The predicted molar refractivity (Wildman–Crippen MR) is 128 cm³/mol. The van der Waals surface area contributed by atoms with E-state index in [1.807, 2.05) is 67.6 Å². The fraction of sp³-hybridized carbons (Fsp3) is 0.125. The zero-order valence-electron chi connectivity index (χ0n) is 16.6. The molecule has 0 saturated carbocycles. The number of ether oxygens (including phenoxy) is 2. The first-order chi connectivity index (χ1) is 14.5. The van der Waals surface area contributed by atoms with Crippen LogP contribution in [-0.2, 0) is 11.4 Å². The molecule has 0 radical (unpaired) electrons. The van der Waals surface area contributed by atoms with Crippen molar-refractivity contribution in [3.63, 3.8) is 0 Å². The molecule has 0 aliphatic rings. The van der Waals surface area contributed by atoms with Gasteiger partial charge in [-0.25, -0.2) is 0 Å². The highest BCUT2D eigenvalue weighted by Crippen LogP contribution is 2.37. The van der Waals surface area contributed by atoms with Crippen molar-refractivity contribution >= 4 is 49.5 Å². The summed E-state index contributed by atoms with van der Waals surface area (Å²) in [5.41, 5.74) is 3.71. The number of nitrogens with one attached hydrogen (secondary N) is 1. The van der Waals surface area contributed by atoms with Gasteiger partial charge in [0, 0.05) is 10.5 Å². The van der Waals surface area contributed by atoms with Gasteiger partial charge in [-0.2, -0.15) is 0 Å². The second kappa shape index (κ2) is 10.5. The van der Waals surface area contributed by atoms with Crippen LogP contribution >= 0.6 is 31.9 Å². The molecule has 3 rings (SSSR count). The Morgan fingerprint density at radius 3 is 2.50 bits per heavy atom. The lowest BCUT2D eigenvalue weighted by atomic mass is 10.1. The molecule has 30 heavy (non-hydrogen) atoms. The smallest absolute Gasteiger partial charge is 0.248 e. The topological polar surface area (TPSA) is 47.6 Å². The monoisotopic (exact) mass is 529 g/mol. The summed E-state index contributed by atoms with van der Waals surface area (Å²) in [6, 6.07) is 19.4. The van der Waals surface area contributed by atoms with Crippen LogP contribution in [-0.4, -0.2) is 13.0 Å². The molecule has 4 nitrogen and oxygen atoms in total. The van der Waals surface area contributed by atoms with Crippen LogP contribution < -0.4 is 14.8 Å². The van der Waals surface area contributed by atoms with Crippen LogP contribution in [0, 0.1) is 6.92 Å². The van der Waals surface area contributed by atoms with E-state index in [4.69, 9.17) is 9.47 Å². The fourth-order valence-corrected chi connectivity index (χ4v) is 3.94. The molecule has 0 saturated heterocycles. The highest BCUT2D eigenvalue weighted by Gasteiger charge is 2.11. The number of rotatable bonds is 7. The normalized spacial score (nSPS) is 10.8. The fourth-order valence-electron chi connectivity index (χ4n) is 2.77. The lowest BCUT2D eigenvalue weighted by Gasteiger charge is -2.13. The minimum atomic E-state index is -0.223. The van der Waals surface area contributed by atoms with Crippen molar-refractivity contribution in [2.24, 2.45) is 0 Å². The number of methoxy groups -OCH3 is 1. The quantitative estimate of drug-likeness (QED) is 0.343. The van der Waals surface area contributed by atoms with Gasteiger partial charge in [-0.05, 0) is 85.8 Å². The second-order valence-corrected chi connectivity index (χ2v) is 8.32. The maximum absolute atomic E-state index is 12.3. The number of aryl methyl sites for hydroxylation is 1. The van der Waals surface area contributed by atoms with Gasteiger partial charge in [0.1, 0.15) is 6.61 Å². The molecule has 1 amide bonds.